The molecule has 0 saturated carbocycles. The van der Waals surface area contributed by atoms with Gasteiger partial charge in [0.25, 0.3) is 0 Å². The van der Waals surface area contributed by atoms with E-state index in [0.29, 0.717) is 58.0 Å². The lowest BCUT2D eigenvalue weighted by Crippen LogP contribution is -2.45. The molecule has 6 N–H and O–H groups in total. The van der Waals surface area contributed by atoms with Gasteiger partial charge >= 0.3 is 5.97 Å². The lowest BCUT2D eigenvalue weighted by molar-refractivity contribution is -0.143. The van der Waals surface area contributed by atoms with Crippen LogP contribution < -0.4 is 16.0 Å². The number of carboxylic acids is 1. The minimum atomic E-state index is -1.15. The van der Waals surface area contributed by atoms with Gasteiger partial charge in [-0.3, -0.25) is 28.9 Å². The second-order valence-electron chi connectivity index (χ2n) is 10.6. The highest BCUT2D eigenvalue weighted by atomic mass is 32.2. The number of hydrogen-bond donors (Lipinski definition) is 6. The molecule has 0 spiro atoms. The van der Waals surface area contributed by atoms with E-state index in [-0.39, 0.29) is 48.8 Å². The van der Waals surface area contributed by atoms with Crippen LogP contribution in [0.25, 0.3) is 0 Å². The zero-order valence-corrected chi connectivity index (χ0v) is 25.6. The Bertz CT molecular complexity index is 1080. The number of rotatable bonds is 21. The minimum Gasteiger partial charge on any atom is -0.480 e. The molecule has 4 unspecified atom stereocenters. The van der Waals surface area contributed by atoms with Gasteiger partial charge in [0.2, 0.25) is 29.5 Å². The van der Waals surface area contributed by atoms with Gasteiger partial charge in [-0.15, -0.1) is 11.8 Å². The van der Waals surface area contributed by atoms with Crippen LogP contribution in [0.15, 0.2) is 12.5 Å². The van der Waals surface area contributed by atoms with Crippen LogP contribution in [-0.2, 0) is 35.2 Å². The molecule has 0 aromatic carbocycles. The zero-order valence-electron chi connectivity index (χ0n) is 24.8. The quantitative estimate of drug-likeness (QED) is 0.0817. The van der Waals surface area contributed by atoms with Gasteiger partial charge in [-0.1, -0.05) is 13.3 Å². The molecule has 15 heteroatoms. The number of imide groups is 1. The summed E-state index contributed by atoms with van der Waals surface area (Å²) in [5.41, 5.74) is 0.911. The smallest absolute Gasteiger partial charge is 0.326 e. The number of nitrogens with one attached hydrogen (secondary N) is 4. The largest absolute Gasteiger partial charge is 0.480 e. The summed E-state index contributed by atoms with van der Waals surface area (Å²) in [6.07, 6.45) is 6.41. The highest BCUT2D eigenvalue weighted by Gasteiger charge is 2.38. The summed E-state index contributed by atoms with van der Waals surface area (Å²) in [5.74, 6) is -3.16. The van der Waals surface area contributed by atoms with Gasteiger partial charge in [0.1, 0.15) is 6.04 Å². The number of imidazole rings is 1. The first kappa shape index (κ1) is 35.7. The van der Waals surface area contributed by atoms with E-state index in [4.69, 9.17) is 0 Å². The third kappa shape index (κ3) is 13.2. The predicted molar refractivity (Wildman–Crippen MR) is 159 cm³/mol. The first-order chi connectivity index (χ1) is 20.5. The summed E-state index contributed by atoms with van der Waals surface area (Å²) < 4.78 is 0. The highest BCUT2D eigenvalue weighted by molar-refractivity contribution is 8.01. The number of aromatic nitrogens is 2. The van der Waals surface area contributed by atoms with E-state index in [1.807, 2.05) is 0 Å². The molecule has 43 heavy (non-hydrogen) atoms. The van der Waals surface area contributed by atoms with Crippen LogP contribution in [0, 0.1) is 5.92 Å². The Morgan fingerprint density at radius 1 is 1.07 bits per heavy atom. The SMILES string of the molecule is CC(O)C(C)C(=O)NC(CCCCNC(=O)CCCCCN1C(=O)CC(SCC(=O)NCCc2cnc[nH]2)C1=O)C(=O)O. The molecule has 1 aliphatic rings. The van der Waals surface area contributed by atoms with E-state index in [9.17, 15) is 39.0 Å². The van der Waals surface area contributed by atoms with Crippen LogP contribution in [-0.4, -0.2) is 103 Å². The van der Waals surface area contributed by atoms with Gasteiger partial charge in [0, 0.05) is 50.8 Å². The van der Waals surface area contributed by atoms with Crippen molar-refractivity contribution >= 4 is 47.3 Å². The standard InChI is InChI=1S/C28H44N6O8S/c1-18(19(2)35)26(39)33-21(28(41)42)8-5-6-11-30-23(36)9-4-3-7-13-34-25(38)14-22(27(34)40)43-16-24(37)31-12-10-20-15-29-17-32-20/h15,17-19,21-22,35H,3-14,16H2,1-2H3,(H,29,32)(H,30,36)(H,31,37)(H,33,39)(H,41,42). The minimum absolute atomic E-state index is 0.0773. The zero-order chi connectivity index (χ0) is 31.8. The normalized spacial score (nSPS) is 16.9. The number of amides is 5. The average Bonchev–Trinajstić information content (AvgIpc) is 3.57. The van der Waals surface area contributed by atoms with Crippen molar-refractivity contribution in [2.75, 3.05) is 25.4 Å². The maximum atomic E-state index is 12.6. The van der Waals surface area contributed by atoms with Crippen LogP contribution in [0.1, 0.15) is 70.9 Å². The van der Waals surface area contributed by atoms with Crippen molar-refractivity contribution in [1.29, 1.82) is 0 Å². The number of carbonyl (C=O) groups is 6. The summed E-state index contributed by atoms with van der Waals surface area (Å²) >= 11 is 1.17. The third-order valence-corrected chi connectivity index (χ3v) is 8.37. The fourth-order valence-electron chi connectivity index (χ4n) is 4.30. The van der Waals surface area contributed by atoms with Crippen LogP contribution >= 0.6 is 11.8 Å². The number of carboxylic acid groups (broad SMARTS) is 1. The summed E-state index contributed by atoms with van der Waals surface area (Å²) in [6.45, 7) is 4.09. The van der Waals surface area contributed by atoms with E-state index in [2.05, 4.69) is 25.9 Å². The molecule has 0 aliphatic carbocycles. The highest BCUT2D eigenvalue weighted by Crippen LogP contribution is 2.25. The number of nitrogens with zero attached hydrogens (tertiary/aromatic N) is 2. The number of unbranched alkanes of at least 4 members (excludes halogenated alkanes) is 3. The van der Waals surface area contributed by atoms with E-state index in [0.717, 1.165) is 5.69 Å². The Labute approximate surface area is 255 Å². The van der Waals surface area contributed by atoms with Crippen molar-refractivity contribution in [3.05, 3.63) is 18.2 Å². The van der Waals surface area contributed by atoms with Gasteiger partial charge < -0.3 is 31.1 Å². The fourth-order valence-corrected chi connectivity index (χ4v) is 5.29. The molecule has 1 aliphatic heterocycles. The lowest BCUT2D eigenvalue weighted by Gasteiger charge is -2.19. The van der Waals surface area contributed by atoms with E-state index >= 15 is 0 Å². The van der Waals surface area contributed by atoms with Crippen LogP contribution in [0.5, 0.6) is 0 Å². The number of aliphatic hydroxyl groups is 1. The monoisotopic (exact) mass is 624 g/mol. The van der Waals surface area contributed by atoms with Gasteiger partial charge in [-0.25, -0.2) is 9.78 Å². The first-order valence-electron chi connectivity index (χ1n) is 14.7. The maximum Gasteiger partial charge on any atom is 0.326 e. The number of H-pyrrole nitrogens is 1. The summed E-state index contributed by atoms with van der Waals surface area (Å²) in [5, 5.41) is 26.3. The number of aliphatic carboxylic acids is 1. The van der Waals surface area contributed by atoms with Crippen LogP contribution in [0.2, 0.25) is 0 Å². The number of carbonyl (C=O) groups excluding carboxylic acids is 5. The molecule has 5 amide bonds. The van der Waals surface area contributed by atoms with E-state index < -0.39 is 35.2 Å². The van der Waals surface area contributed by atoms with Gasteiger partial charge in [-0.05, 0) is 39.0 Å². The Hall–Kier alpha value is -3.46. The molecule has 1 fully saturated rings. The van der Waals surface area contributed by atoms with Crippen LogP contribution in [0.4, 0.5) is 0 Å². The molecule has 2 rings (SSSR count). The Balaban J connectivity index is 1.53. The molecule has 1 aromatic heterocycles. The molecule has 14 nitrogen and oxygen atoms in total. The van der Waals surface area contributed by atoms with Gasteiger partial charge in [0.15, 0.2) is 0 Å². The second kappa shape index (κ2) is 18.9. The molecule has 240 valence electrons. The molecular formula is C28H44N6O8S. The summed E-state index contributed by atoms with van der Waals surface area (Å²) in [4.78, 5) is 80.7. The van der Waals surface area contributed by atoms with Crippen molar-refractivity contribution in [3.63, 3.8) is 0 Å². The number of hydrogen-bond acceptors (Lipinski definition) is 9. The molecule has 2 heterocycles. The Kier molecular flexibility index (Phi) is 15.7. The van der Waals surface area contributed by atoms with E-state index in [1.165, 1.54) is 30.5 Å². The topological polar surface area (TPSA) is 211 Å². The number of likely N-dealkylation sites (tertiary alicyclic amines) is 1. The second-order valence-corrected chi connectivity index (χ2v) is 11.8. The van der Waals surface area contributed by atoms with Crippen molar-refractivity contribution in [2.24, 2.45) is 5.92 Å². The molecule has 4 atom stereocenters. The molecule has 0 bridgehead atoms. The Morgan fingerprint density at radius 2 is 1.81 bits per heavy atom. The van der Waals surface area contributed by atoms with Gasteiger partial charge in [-0.2, -0.15) is 0 Å². The average molecular weight is 625 g/mol. The van der Waals surface area contributed by atoms with Crippen LogP contribution in [0.3, 0.4) is 0 Å². The summed E-state index contributed by atoms with van der Waals surface area (Å²) in [7, 11) is 0. The van der Waals surface area contributed by atoms with Crippen molar-refractivity contribution in [1.82, 2.24) is 30.8 Å². The fraction of sp³-hybridized carbons (Fsp3) is 0.679. The van der Waals surface area contributed by atoms with Crippen molar-refractivity contribution in [2.45, 2.75) is 89.0 Å². The molecule has 0 radical (unpaired) electrons. The Morgan fingerprint density at radius 3 is 2.49 bits per heavy atom. The number of thioether (sulfide) groups is 1. The molecule has 1 aromatic rings. The van der Waals surface area contributed by atoms with Crippen molar-refractivity contribution < 1.29 is 39.0 Å². The predicted octanol–water partition coefficient (Wildman–Crippen LogP) is 0.362. The van der Waals surface area contributed by atoms with E-state index in [1.54, 1.807) is 12.5 Å². The molecular weight excluding hydrogens is 580 g/mol. The lowest BCUT2D eigenvalue weighted by atomic mass is 10.0. The maximum absolute atomic E-state index is 12.6. The third-order valence-electron chi connectivity index (χ3n) is 7.17. The number of aliphatic hydroxyl groups excluding tert-OH is 1. The molecule has 1 saturated heterocycles. The number of aromatic amines is 1. The first-order valence-corrected chi connectivity index (χ1v) is 15.7. The van der Waals surface area contributed by atoms with Crippen molar-refractivity contribution in [3.8, 4) is 0 Å². The summed E-state index contributed by atoms with van der Waals surface area (Å²) in [6, 6.07) is -1.06. The van der Waals surface area contributed by atoms with Gasteiger partial charge in [0.05, 0.1) is 29.4 Å².